The van der Waals surface area contributed by atoms with Crippen molar-refractivity contribution in [3.8, 4) is 0 Å². The second-order valence-corrected chi connectivity index (χ2v) is 6.59. The molecular weight excluding hydrogens is 306 g/mol. The Hall–Kier alpha value is -2.04. The van der Waals surface area contributed by atoms with Gasteiger partial charge in [-0.15, -0.1) is 0 Å². The summed E-state index contributed by atoms with van der Waals surface area (Å²) >= 11 is 0. The average molecular weight is 333 g/mol. The summed E-state index contributed by atoms with van der Waals surface area (Å²) in [6, 6.07) is 6.09. The van der Waals surface area contributed by atoms with Crippen LogP contribution in [0.4, 0.5) is 4.79 Å². The molecule has 5 heteroatoms. The van der Waals surface area contributed by atoms with Crippen molar-refractivity contribution in [2.45, 2.75) is 53.2 Å². The first kappa shape index (κ1) is 18.3. The number of hydrogen-bond donors (Lipinski definition) is 0. The first-order chi connectivity index (χ1) is 11.4. The van der Waals surface area contributed by atoms with Crippen LogP contribution in [0.5, 0.6) is 0 Å². The number of ether oxygens (including phenoxy) is 2. The van der Waals surface area contributed by atoms with Crippen LogP contribution >= 0.6 is 0 Å². The molecule has 0 radical (unpaired) electrons. The predicted molar refractivity (Wildman–Crippen MR) is 91.6 cm³/mol. The van der Waals surface area contributed by atoms with Gasteiger partial charge in [0.15, 0.2) is 6.23 Å². The van der Waals surface area contributed by atoms with Gasteiger partial charge in [0.1, 0.15) is 0 Å². The van der Waals surface area contributed by atoms with E-state index in [4.69, 9.17) is 9.47 Å². The summed E-state index contributed by atoms with van der Waals surface area (Å²) in [7, 11) is 0. The highest BCUT2D eigenvalue weighted by molar-refractivity contribution is 5.79. The summed E-state index contributed by atoms with van der Waals surface area (Å²) in [5, 5.41) is 0. The molecule has 0 N–H and O–H groups in total. The number of aryl methyl sites for hydroxylation is 2. The zero-order valence-corrected chi connectivity index (χ0v) is 15.0. The van der Waals surface area contributed by atoms with Gasteiger partial charge in [0, 0.05) is 13.0 Å². The zero-order valence-electron chi connectivity index (χ0n) is 15.0. The van der Waals surface area contributed by atoms with Crippen LogP contribution in [0, 0.1) is 19.8 Å². The smallest absolute Gasteiger partial charge is 0.435 e. The van der Waals surface area contributed by atoms with Crippen molar-refractivity contribution in [3.63, 3.8) is 0 Å². The SMILES string of the molecule is CCOC(=O)OC1CCC(C)CN1C(=O)Cc1ccc(C)cc1C. The molecule has 1 aliphatic rings. The lowest BCUT2D eigenvalue weighted by Gasteiger charge is -2.37. The number of likely N-dealkylation sites (tertiary alicyclic amines) is 1. The lowest BCUT2D eigenvalue weighted by atomic mass is 9.97. The Bertz CT molecular complexity index is 599. The molecule has 0 aliphatic carbocycles. The van der Waals surface area contributed by atoms with E-state index in [0.717, 1.165) is 17.5 Å². The number of carbonyl (C=O) groups is 2. The van der Waals surface area contributed by atoms with Gasteiger partial charge in [-0.25, -0.2) is 4.79 Å². The molecule has 1 amide bonds. The third-order valence-electron chi connectivity index (χ3n) is 4.42. The van der Waals surface area contributed by atoms with E-state index in [2.05, 4.69) is 13.0 Å². The van der Waals surface area contributed by atoms with E-state index in [-0.39, 0.29) is 12.5 Å². The summed E-state index contributed by atoms with van der Waals surface area (Å²) < 4.78 is 10.2. The molecule has 5 nitrogen and oxygen atoms in total. The molecule has 0 bridgehead atoms. The van der Waals surface area contributed by atoms with E-state index in [9.17, 15) is 9.59 Å². The number of hydrogen-bond acceptors (Lipinski definition) is 4. The average Bonchev–Trinajstić information content (AvgIpc) is 2.52. The predicted octanol–water partition coefficient (Wildman–Crippen LogP) is 3.60. The van der Waals surface area contributed by atoms with Crippen molar-refractivity contribution >= 4 is 12.1 Å². The maximum atomic E-state index is 12.8. The topological polar surface area (TPSA) is 55.8 Å². The van der Waals surface area contributed by atoms with Crippen LogP contribution in [-0.4, -0.2) is 36.3 Å². The van der Waals surface area contributed by atoms with Gasteiger partial charge < -0.3 is 14.4 Å². The number of piperidine rings is 1. The third kappa shape index (κ3) is 4.73. The van der Waals surface area contributed by atoms with E-state index >= 15 is 0 Å². The molecule has 132 valence electrons. The van der Waals surface area contributed by atoms with Gasteiger partial charge in [0.2, 0.25) is 5.91 Å². The molecule has 1 saturated heterocycles. The standard InChI is InChI=1S/C19H27NO4/c1-5-23-19(22)24-18-9-7-14(3)12-20(18)17(21)11-16-8-6-13(2)10-15(16)4/h6,8,10,14,18H,5,7,9,11-12H2,1-4H3. The summed E-state index contributed by atoms with van der Waals surface area (Å²) in [4.78, 5) is 26.1. The van der Waals surface area contributed by atoms with Crippen molar-refractivity contribution in [1.29, 1.82) is 0 Å². The zero-order chi connectivity index (χ0) is 17.7. The Balaban J connectivity index is 2.08. The molecule has 1 aliphatic heterocycles. The van der Waals surface area contributed by atoms with Crippen LogP contribution in [0.1, 0.15) is 43.4 Å². The van der Waals surface area contributed by atoms with Gasteiger partial charge in [-0.05, 0) is 44.2 Å². The van der Waals surface area contributed by atoms with Crippen molar-refractivity contribution in [2.75, 3.05) is 13.2 Å². The van der Waals surface area contributed by atoms with Gasteiger partial charge >= 0.3 is 6.16 Å². The minimum atomic E-state index is -0.707. The Morgan fingerprint density at radius 3 is 2.67 bits per heavy atom. The minimum Gasteiger partial charge on any atom is -0.435 e. The molecular formula is C19H27NO4. The van der Waals surface area contributed by atoms with Crippen LogP contribution < -0.4 is 0 Å². The van der Waals surface area contributed by atoms with Gasteiger partial charge in [-0.3, -0.25) is 4.79 Å². The van der Waals surface area contributed by atoms with Crippen molar-refractivity contribution < 1.29 is 19.1 Å². The monoisotopic (exact) mass is 333 g/mol. The van der Waals surface area contributed by atoms with Gasteiger partial charge in [-0.2, -0.15) is 0 Å². The molecule has 0 aromatic heterocycles. The Kier molecular flexibility index (Phi) is 6.23. The maximum Gasteiger partial charge on any atom is 0.510 e. The van der Waals surface area contributed by atoms with E-state index in [1.54, 1.807) is 11.8 Å². The van der Waals surface area contributed by atoms with Crippen LogP contribution in [0.25, 0.3) is 0 Å². The molecule has 1 heterocycles. The largest absolute Gasteiger partial charge is 0.510 e. The quantitative estimate of drug-likeness (QED) is 0.790. The molecule has 0 saturated carbocycles. The van der Waals surface area contributed by atoms with E-state index in [0.29, 0.717) is 25.3 Å². The summed E-state index contributed by atoms with van der Waals surface area (Å²) in [6.07, 6.45) is 0.664. The van der Waals surface area contributed by atoms with E-state index in [1.165, 1.54) is 5.56 Å². The normalized spacial score (nSPS) is 20.6. The van der Waals surface area contributed by atoms with E-state index in [1.807, 2.05) is 26.0 Å². The lowest BCUT2D eigenvalue weighted by molar-refractivity contribution is -0.148. The fourth-order valence-corrected chi connectivity index (χ4v) is 3.08. The van der Waals surface area contributed by atoms with Crippen LogP contribution in [0.2, 0.25) is 0 Å². The Morgan fingerprint density at radius 1 is 1.25 bits per heavy atom. The Morgan fingerprint density at radius 2 is 2.00 bits per heavy atom. The van der Waals surface area contributed by atoms with Crippen LogP contribution in [-0.2, 0) is 20.7 Å². The van der Waals surface area contributed by atoms with E-state index < -0.39 is 12.4 Å². The fourth-order valence-electron chi connectivity index (χ4n) is 3.08. The first-order valence-electron chi connectivity index (χ1n) is 8.59. The van der Waals surface area contributed by atoms with Crippen molar-refractivity contribution in [1.82, 2.24) is 4.90 Å². The third-order valence-corrected chi connectivity index (χ3v) is 4.42. The summed E-state index contributed by atoms with van der Waals surface area (Å²) in [6.45, 7) is 8.76. The van der Waals surface area contributed by atoms with Crippen LogP contribution in [0.3, 0.4) is 0 Å². The number of nitrogens with zero attached hydrogens (tertiary/aromatic N) is 1. The fraction of sp³-hybridized carbons (Fsp3) is 0.579. The first-order valence-corrected chi connectivity index (χ1v) is 8.59. The van der Waals surface area contributed by atoms with Gasteiger partial charge in [0.05, 0.1) is 13.0 Å². The number of benzene rings is 1. The molecule has 0 spiro atoms. The molecule has 2 atom stereocenters. The lowest BCUT2D eigenvalue weighted by Crippen LogP contribution is -2.49. The van der Waals surface area contributed by atoms with Gasteiger partial charge in [-0.1, -0.05) is 30.7 Å². The number of rotatable bonds is 4. The maximum absolute atomic E-state index is 12.8. The molecule has 1 aromatic carbocycles. The molecule has 2 rings (SSSR count). The highest BCUT2D eigenvalue weighted by atomic mass is 16.7. The number of amides is 1. The highest BCUT2D eigenvalue weighted by Gasteiger charge is 2.33. The van der Waals surface area contributed by atoms with Gasteiger partial charge in [0.25, 0.3) is 0 Å². The highest BCUT2D eigenvalue weighted by Crippen LogP contribution is 2.24. The summed E-state index contributed by atoms with van der Waals surface area (Å²) in [5.74, 6) is 0.387. The molecule has 1 aromatic rings. The second-order valence-electron chi connectivity index (χ2n) is 6.59. The Labute approximate surface area is 143 Å². The molecule has 24 heavy (non-hydrogen) atoms. The minimum absolute atomic E-state index is 0.0113. The second kappa shape index (κ2) is 8.18. The van der Waals surface area contributed by atoms with Crippen LogP contribution in [0.15, 0.2) is 18.2 Å². The van der Waals surface area contributed by atoms with Crippen molar-refractivity contribution in [2.24, 2.45) is 5.92 Å². The molecule has 2 unspecified atom stereocenters. The van der Waals surface area contributed by atoms with Crippen molar-refractivity contribution in [3.05, 3.63) is 34.9 Å². The number of carbonyl (C=O) groups excluding carboxylic acids is 2. The molecule has 1 fully saturated rings. The summed E-state index contributed by atoms with van der Waals surface area (Å²) in [5.41, 5.74) is 3.30.